The Labute approximate surface area is 121 Å². The summed E-state index contributed by atoms with van der Waals surface area (Å²) in [7, 11) is 0. The summed E-state index contributed by atoms with van der Waals surface area (Å²) in [5, 5.41) is 0. The van der Waals surface area contributed by atoms with Crippen molar-refractivity contribution in [3.63, 3.8) is 0 Å². The minimum Gasteiger partial charge on any atom is -0.458 e. The summed E-state index contributed by atoms with van der Waals surface area (Å²) >= 11 is 0. The van der Waals surface area contributed by atoms with E-state index in [9.17, 15) is 0 Å². The van der Waals surface area contributed by atoms with Gasteiger partial charge in [-0.3, -0.25) is 0 Å². The van der Waals surface area contributed by atoms with Gasteiger partial charge in [-0.05, 0) is 54.7 Å². The smallest absolute Gasteiger partial charge is 0.230 e. The molecule has 0 aliphatic heterocycles. The van der Waals surface area contributed by atoms with E-state index in [1.807, 2.05) is 43.3 Å². The Hall–Kier alpha value is -1.96. The zero-order chi connectivity index (χ0) is 14.4. The molecular formula is C18H22O2. The second kappa shape index (κ2) is 6.99. The lowest BCUT2D eigenvalue weighted by Gasteiger charge is -2.11. The third-order valence-corrected chi connectivity index (χ3v) is 3.50. The van der Waals surface area contributed by atoms with Crippen LogP contribution < -0.4 is 9.47 Å². The Morgan fingerprint density at radius 3 is 2.30 bits per heavy atom. The Kier molecular flexibility index (Phi) is 5.05. The number of aryl methyl sites for hydroxylation is 1. The van der Waals surface area contributed by atoms with Crippen LogP contribution in [0.4, 0.5) is 0 Å². The molecule has 0 saturated carbocycles. The van der Waals surface area contributed by atoms with Crippen LogP contribution in [0.2, 0.25) is 0 Å². The van der Waals surface area contributed by atoms with E-state index in [2.05, 4.69) is 26.0 Å². The predicted octanol–water partition coefficient (Wildman–Crippen LogP) is 4.92. The van der Waals surface area contributed by atoms with E-state index in [1.165, 1.54) is 11.1 Å². The third-order valence-electron chi connectivity index (χ3n) is 3.50. The fourth-order valence-corrected chi connectivity index (χ4v) is 2.00. The molecule has 0 N–H and O–H groups in total. The Morgan fingerprint density at radius 2 is 1.65 bits per heavy atom. The number of ether oxygens (including phenoxy) is 2. The minimum absolute atomic E-state index is 0.228. The highest BCUT2D eigenvalue weighted by Gasteiger charge is 2.02. The van der Waals surface area contributed by atoms with E-state index >= 15 is 0 Å². The molecule has 0 saturated heterocycles. The molecule has 0 aliphatic rings. The van der Waals surface area contributed by atoms with Gasteiger partial charge >= 0.3 is 0 Å². The molecular weight excluding hydrogens is 248 g/mol. The molecule has 106 valence electrons. The predicted molar refractivity (Wildman–Crippen MR) is 82.5 cm³/mol. The molecule has 0 spiro atoms. The first-order valence-corrected chi connectivity index (χ1v) is 7.11. The Morgan fingerprint density at radius 1 is 0.950 bits per heavy atom. The highest BCUT2D eigenvalue weighted by molar-refractivity contribution is 5.29. The number of rotatable bonds is 6. The monoisotopic (exact) mass is 270 g/mol. The Bertz CT molecular complexity index is 531. The van der Waals surface area contributed by atoms with Crippen LogP contribution in [0.1, 0.15) is 37.3 Å². The minimum atomic E-state index is 0.228. The van der Waals surface area contributed by atoms with Gasteiger partial charge in [0.2, 0.25) is 6.79 Å². The maximum Gasteiger partial charge on any atom is 0.230 e. The van der Waals surface area contributed by atoms with E-state index in [0.29, 0.717) is 5.92 Å². The van der Waals surface area contributed by atoms with Gasteiger partial charge in [-0.2, -0.15) is 0 Å². The zero-order valence-electron chi connectivity index (χ0n) is 12.4. The summed E-state index contributed by atoms with van der Waals surface area (Å²) in [6.07, 6.45) is 1.15. The van der Waals surface area contributed by atoms with E-state index < -0.39 is 0 Å². The Balaban J connectivity index is 1.85. The number of hydrogen-bond donors (Lipinski definition) is 0. The van der Waals surface area contributed by atoms with Crippen LogP contribution in [0.3, 0.4) is 0 Å². The quantitative estimate of drug-likeness (QED) is 0.693. The molecule has 20 heavy (non-hydrogen) atoms. The van der Waals surface area contributed by atoms with Crippen molar-refractivity contribution in [3.8, 4) is 11.5 Å². The molecule has 1 atom stereocenters. The number of benzene rings is 2. The van der Waals surface area contributed by atoms with Gasteiger partial charge in [-0.15, -0.1) is 0 Å². The van der Waals surface area contributed by atoms with Gasteiger partial charge in [0, 0.05) is 0 Å². The molecule has 2 aromatic carbocycles. The highest BCUT2D eigenvalue weighted by atomic mass is 16.7. The van der Waals surface area contributed by atoms with Crippen molar-refractivity contribution in [2.24, 2.45) is 0 Å². The standard InChI is InChI=1S/C18H22O2/c1-4-15(3)16-8-10-17(11-9-16)19-13-20-18-7-5-6-14(2)12-18/h5-12,15H,4,13H2,1-3H3. The fourth-order valence-electron chi connectivity index (χ4n) is 2.00. The van der Waals surface area contributed by atoms with Gasteiger partial charge in [0.25, 0.3) is 0 Å². The first-order chi connectivity index (χ1) is 9.69. The van der Waals surface area contributed by atoms with Crippen LogP contribution >= 0.6 is 0 Å². The molecule has 2 heteroatoms. The maximum absolute atomic E-state index is 5.60. The summed E-state index contributed by atoms with van der Waals surface area (Å²) in [5.41, 5.74) is 2.53. The second-order valence-corrected chi connectivity index (χ2v) is 5.10. The third kappa shape index (κ3) is 4.02. The average Bonchev–Trinajstić information content (AvgIpc) is 2.47. The molecule has 0 radical (unpaired) electrons. The molecule has 2 aromatic rings. The van der Waals surface area contributed by atoms with Crippen LogP contribution in [0.15, 0.2) is 48.5 Å². The van der Waals surface area contributed by atoms with Gasteiger partial charge in [0.15, 0.2) is 0 Å². The summed E-state index contributed by atoms with van der Waals surface area (Å²) in [6, 6.07) is 16.2. The van der Waals surface area contributed by atoms with Crippen molar-refractivity contribution in [2.75, 3.05) is 6.79 Å². The van der Waals surface area contributed by atoms with Gasteiger partial charge in [0.1, 0.15) is 11.5 Å². The molecule has 0 heterocycles. The van der Waals surface area contributed by atoms with Crippen molar-refractivity contribution >= 4 is 0 Å². The summed E-state index contributed by atoms with van der Waals surface area (Å²) in [5.74, 6) is 2.26. The maximum atomic E-state index is 5.60. The zero-order valence-corrected chi connectivity index (χ0v) is 12.4. The van der Waals surface area contributed by atoms with Crippen molar-refractivity contribution in [1.29, 1.82) is 0 Å². The van der Waals surface area contributed by atoms with Crippen LogP contribution in [-0.2, 0) is 0 Å². The van der Waals surface area contributed by atoms with Gasteiger partial charge in [0.05, 0.1) is 0 Å². The first kappa shape index (κ1) is 14.4. The molecule has 0 bridgehead atoms. The van der Waals surface area contributed by atoms with Crippen LogP contribution in [-0.4, -0.2) is 6.79 Å². The molecule has 2 rings (SSSR count). The molecule has 0 fully saturated rings. The largest absolute Gasteiger partial charge is 0.458 e. The second-order valence-electron chi connectivity index (χ2n) is 5.10. The van der Waals surface area contributed by atoms with Gasteiger partial charge in [-0.25, -0.2) is 0 Å². The lowest BCUT2D eigenvalue weighted by Crippen LogP contribution is -2.05. The van der Waals surface area contributed by atoms with Crippen LogP contribution in [0, 0.1) is 6.92 Å². The summed E-state index contributed by atoms with van der Waals surface area (Å²) in [4.78, 5) is 0. The lowest BCUT2D eigenvalue weighted by atomic mass is 9.99. The van der Waals surface area contributed by atoms with E-state index in [1.54, 1.807) is 0 Å². The molecule has 0 aliphatic carbocycles. The normalized spacial score (nSPS) is 11.9. The molecule has 1 unspecified atom stereocenters. The van der Waals surface area contributed by atoms with E-state index in [-0.39, 0.29) is 6.79 Å². The van der Waals surface area contributed by atoms with Crippen LogP contribution in [0.5, 0.6) is 11.5 Å². The van der Waals surface area contributed by atoms with E-state index in [4.69, 9.17) is 9.47 Å². The van der Waals surface area contributed by atoms with Crippen molar-refractivity contribution < 1.29 is 9.47 Å². The fraction of sp³-hybridized carbons (Fsp3) is 0.333. The van der Waals surface area contributed by atoms with Crippen molar-refractivity contribution in [1.82, 2.24) is 0 Å². The van der Waals surface area contributed by atoms with Gasteiger partial charge < -0.3 is 9.47 Å². The highest BCUT2D eigenvalue weighted by Crippen LogP contribution is 2.21. The average molecular weight is 270 g/mol. The molecule has 0 amide bonds. The molecule has 2 nitrogen and oxygen atoms in total. The van der Waals surface area contributed by atoms with Crippen molar-refractivity contribution in [2.45, 2.75) is 33.1 Å². The summed E-state index contributed by atoms with van der Waals surface area (Å²) in [6.45, 7) is 6.70. The van der Waals surface area contributed by atoms with E-state index in [0.717, 1.165) is 17.9 Å². The lowest BCUT2D eigenvalue weighted by molar-refractivity contribution is 0.120. The van der Waals surface area contributed by atoms with Gasteiger partial charge in [-0.1, -0.05) is 38.1 Å². The number of hydrogen-bond acceptors (Lipinski definition) is 2. The van der Waals surface area contributed by atoms with Crippen molar-refractivity contribution in [3.05, 3.63) is 59.7 Å². The molecule has 0 aromatic heterocycles. The topological polar surface area (TPSA) is 18.5 Å². The van der Waals surface area contributed by atoms with Crippen LogP contribution in [0.25, 0.3) is 0 Å². The summed E-state index contributed by atoms with van der Waals surface area (Å²) < 4.78 is 11.2. The SMILES string of the molecule is CCC(C)c1ccc(OCOc2cccc(C)c2)cc1. The first-order valence-electron chi connectivity index (χ1n) is 7.11.